The van der Waals surface area contributed by atoms with E-state index in [-0.39, 0.29) is 33.9 Å². The molecular formula is C22H34O4. The van der Waals surface area contributed by atoms with Crippen LogP contribution in [0.3, 0.4) is 0 Å². The van der Waals surface area contributed by atoms with Crippen molar-refractivity contribution in [3.05, 3.63) is 0 Å². The van der Waals surface area contributed by atoms with E-state index >= 15 is 0 Å². The number of hydrogen-bond donors (Lipinski definition) is 0. The van der Waals surface area contributed by atoms with Gasteiger partial charge in [0.15, 0.2) is 0 Å². The second kappa shape index (κ2) is 5.26. The largest absolute Gasteiger partial charge is 0.453 e. The number of carbonyl (C=O) groups excluding carboxylic acids is 2. The monoisotopic (exact) mass is 362 g/mol. The van der Waals surface area contributed by atoms with Crippen molar-refractivity contribution < 1.29 is 19.1 Å². The minimum atomic E-state index is -0.788. The normalized spacial score (nSPS) is 47.2. The third kappa shape index (κ3) is 2.08. The molecular weight excluding hydrogens is 328 g/mol. The first-order valence-corrected chi connectivity index (χ1v) is 10.3. The number of ether oxygens (including phenoxy) is 2. The van der Waals surface area contributed by atoms with E-state index in [1.807, 2.05) is 0 Å². The first-order chi connectivity index (χ1) is 11.9. The molecule has 146 valence electrons. The van der Waals surface area contributed by atoms with Crippen molar-refractivity contribution in [3.8, 4) is 0 Å². The Balaban J connectivity index is 1.41. The Morgan fingerprint density at radius 3 is 1.27 bits per heavy atom. The van der Waals surface area contributed by atoms with Crippen molar-refractivity contribution in [1.29, 1.82) is 0 Å². The zero-order valence-electron chi connectivity index (χ0n) is 17.2. The van der Waals surface area contributed by atoms with Gasteiger partial charge in [0.2, 0.25) is 0 Å². The van der Waals surface area contributed by atoms with Crippen LogP contribution in [0.5, 0.6) is 0 Å². The maximum Gasteiger partial charge on any atom is 0.417 e. The molecule has 26 heavy (non-hydrogen) atoms. The summed E-state index contributed by atoms with van der Waals surface area (Å²) in [6.45, 7) is 13.5. The lowest BCUT2D eigenvalue weighted by Crippen LogP contribution is -2.42. The molecule has 4 nitrogen and oxygen atoms in total. The van der Waals surface area contributed by atoms with Crippen molar-refractivity contribution >= 4 is 11.9 Å². The number of hydrogen-bond acceptors (Lipinski definition) is 4. The van der Waals surface area contributed by atoms with Gasteiger partial charge in [0, 0.05) is 10.8 Å². The predicted molar refractivity (Wildman–Crippen MR) is 98.2 cm³/mol. The van der Waals surface area contributed by atoms with Crippen LogP contribution in [0, 0.1) is 33.5 Å². The van der Waals surface area contributed by atoms with Crippen molar-refractivity contribution in [3.63, 3.8) is 0 Å². The van der Waals surface area contributed by atoms with Crippen LogP contribution in [0.15, 0.2) is 0 Å². The van der Waals surface area contributed by atoms with E-state index in [2.05, 4.69) is 41.5 Å². The van der Waals surface area contributed by atoms with Crippen molar-refractivity contribution in [2.75, 3.05) is 0 Å². The average Bonchev–Trinajstić information content (AvgIpc) is 3.06. The maximum atomic E-state index is 12.5. The second-order valence-corrected chi connectivity index (χ2v) is 11.0. The molecule has 0 amide bonds. The van der Waals surface area contributed by atoms with Gasteiger partial charge < -0.3 is 9.47 Å². The SMILES string of the molecule is CC1(C)[C@@H]2CC[C@@]1(C)C(OC(=O)C(=O)OC1C[C@H]3CC[C@]1(C)C3(C)C)C2. The van der Waals surface area contributed by atoms with Crippen LogP contribution in [0.2, 0.25) is 0 Å². The Hall–Kier alpha value is -1.06. The van der Waals surface area contributed by atoms with Gasteiger partial charge in [-0.15, -0.1) is 0 Å². The molecule has 0 heterocycles. The highest BCUT2D eigenvalue weighted by Gasteiger charge is 2.64. The fraction of sp³-hybridized carbons (Fsp3) is 0.909. The Labute approximate surface area is 157 Å². The van der Waals surface area contributed by atoms with Gasteiger partial charge in [-0.1, -0.05) is 41.5 Å². The van der Waals surface area contributed by atoms with Gasteiger partial charge in [-0.25, -0.2) is 9.59 Å². The Morgan fingerprint density at radius 1 is 0.692 bits per heavy atom. The molecule has 4 bridgehead atoms. The molecule has 4 heteroatoms. The topological polar surface area (TPSA) is 52.6 Å². The molecule has 0 aromatic carbocycles. The van der Waals surface area contributed by atoms with Crippen molar-refractivity contribution in [1.82, 2.24) is 0 Å². The highest BCUT2D eigenvalue weighted by Crippen LogP contribution is 2.67. The van der Waals surface area contributed by atoms with E-state index in [0.717, 1.165) is 25.7 Å². The molecule has 0 N–H and O–H groups in total. The van der Waals surface area contributed by atoms with E-state index in [9.17, 15) is 9.59 Å². The van der Waals surface area contributed by atoms with Crippen LogP contribution in [-0.4, -0.2) is 24.1 Å². The number of rotatable bonds is 2. The lowest BCUT2D eigenvalue weighted by atomic mass is 9.70. The molecule has 2 unspecified atom stereocenters. The fourth-order valence-corrected chi connectivity index (χ4v) is 6.97. The van der Waals surface area contributed by atoms with E-state index in [0.29, 0.717) is 11.8 Å². The molecule has 0 saturated heterocycles. The molecule has 0 radical (unpaired) electrons. The summed E-state index contributed by atoms with van der Waals surface area (Å²) >= 11 is 0. The van der Waals surface area contributed by atoms with Crippen LogP contribution in [-0.2, 0) is 19.1 Å². The van der Waals surface area contributed by atoms with E-state index in [1.165, 1.54) is 12.8 Å². The van der Waals surface area contributed by atoms with E-state index in [1.54, 1.807) is 0 Å². The molecule has 4 aliphatic carbocycles. The zero-order valence-corrected chi connectivity index (χ0v) is 17.2. The summed E-state index contributed by atoms with van der Waals surface area (Å²) in [4.78, 5) is 25.0. The zero-order chi connectivity index (χ0) is 19.1. The lowest BCUT2D eigenvalue weighted by Gasteiger charge is -2.39. The Morgan fingerprint density at radius 2 is 1.04 bits per heavy atom. The van der Waals surface area contributed by atoms with Crippen LogP contribution < -0.4 is 0 Å². The minimum Gasteiger partial charge on any atom is -0.453 e. The van der Waals surface area contributed by atoms with Crippen LogP contribution >= 0.6 is 0 Å². The molecule has 4 saturated carbocycles. The lowest BCUT2D eigenvalue weighted by molar-refractivity contribution is -0.182. The Kier molecular flexibility index (Phi) is 3.70. The van der Waals surface area contributed by atoms with Gasteiger partial charge in [-0.3, -0.25) is 0 Å². The van der Waals surface area contributed by atoms with Gasteiger partial charge in [0.1, 0.15) is 12.2 Å². The smallest absolute Gasteiger partial charge is 0.417 e. The van der Waals surface area contributed by atoms with Gasteiger partial charge in [0.05, 0.1) is 0 Å². The highest BCUT2D eigenvalue weighted by atomic mass is 16.6. The van der Waals surface area contributed by atoms with Crippen LogP contribution in [0.1, 0.15) is 80.1 Å². The van der Waals surface area contributed by atoms with Gasteiger partial charge in [-0.2, -0.15) is 0 Å². The molecule has 0 aromatic rings. The van der Waals surface area contributed by atoms with Crippen LogP contribution in [0.25, 0.3) is 0 Å². The summed E-state index contributed by atoms with van der Waals surface area (Å²) in [7, 11) is 0. The summed E-state index contributed by atoms with van der Waals surface area (Å²) in [5, 5.41) is 0. The third-order valence-corrected chi connectivity index (χ3v) is 10.1. The highest BCUT2D eigenvalue weighted by molar-refractivity contribution is 6.29. The number of esters is 2. The first-order valence-electron chi connectivity index (χ1n) is 10.3. The average molecular weight is 363 g/mol. The maximum absolute atomic E-state index is 12.5. The molecule has 0 aliphatic heterocycles. The summed E-state index contributed by atoms with van der Waals surface area (Å²) in [5.41, 5.74) is 0.246. The first kappa shape index (κ1) is 18.3. The number of carbonyl (C=O) groups is 2. The van der Waals surface area contributed by atoms with Crippen molar-refractivity contribution in [2.45, 2.75) is 92.3 Å². The summed E-state index contributed by atoms with van der Waals surface area (Å²) < 4.78 is 11.4. The molecule has 6 atom stereocenters. The molecule has 0 spiro atoms. The summed E-state index contributed by atoms with van der Waals surface area (Å²) in [6.07, 6.45) is 5.93. The van der Waals surface area contributed by atoms with E-state index in [4.69, 9.17) is 9.47 Å². The minimum absolute atomic E-state index is 0.0337. The summed E-state index contributed by atoms with van der Waals surface area (Å²) in [5.74, 6) is -0.425. The van der Waals surface area contributed by atoms with E-state index < -0.39 is 11.9 Å². The second-order valence-electron chi connectivity index (χ2n) is 11.0. The predicted octanol–water partition coefficient (Wildman–Crippen LogP) is 4.50. The molecule has 4 aliphatic rings. The Bertz CT molecular complexity index is 595. The molecule has 4 fully saturated rings. The quantitative estimate of drug-likeness (QED) is 0.536. The van der Waals surface area contributed by atoms with Gasteiger partial charge in [-0.05, 0) is 61.2 Å². The molecule has 0 aromatic heterocycles. The van der Waals surface area contributed by atoms with Crippen LogP contribution in [0.4, 0.5) is 0 Å². The third-order valence-electron chi connectivity index (χ3n) is 10.1. The van der Waals surface area contributed by atoms with Gasteiger partial charge in [0.25, 0.3) is 0 Å². The molecule has 4 rings (SSSR count). The van der Waals surface area contributed by atoms with Crippen molar-refractivity contribution in [2.24, 2.45) is 33.5 Å². The standard InChI is InChI=1S/C22H34O4/c1-19(2)13-7-9-21(19,5)15(11-13)25-17(23)18(24)26-16-12-14-8-10-22(16,6)20(14,3)4/h13-16H,7-12H2,1-6H3/t13-,14-,15?,16?,21+,22+/m1/s1. The summed E-state index contributed by atoms with van der Waals surface area (Å²) in [6, 6.07) is 0. The van der Waals surface area contributed by atoms with Gasteiger partial charge >= 0.3 is 11.9 Å². The fourth-order valence-electron chi connectivity index (χ4n) is 6.97. The number of fused-ring (bicyclic) bond motifs is 4.